The summed E-state index contributed by atoms with van der Waals surface area (Å²) in [5.74, 6) is 0.254. The van der Waals surface area contributed by atoms with Crippen LogP contribution in [0, 0.1) is 5.92 Å². The maximum Gasteiger partial charge on any atom is 0.223 e. The molecule has 4 atom stereocenters. The summed E-state index contributed by atoms with van der Waals surface area (Å²) >= 11 is 0. The highest BCUT2D eigenvalue weighted by molar-refractivity contribution is 5.79. The molecule has 21 heavy (non-hydrogen) atoms. The number of fused-ring (bicyclic) bond motifs is 1. The number of nitrogens with one attached hydrogen (secondary N) is 4. The molecule has 3 rings (SSSR count). The number of pyridine rings is 1. The van der Waals surface area contributed by atoms with E-state index in [1.54, 1.807) is 6.20 Å². The average molecular weight is 289 g/mol. The zero-order chi connectivity index (χ0) is 14.7. The van der Waals surface area contributed by atoms with E-state index in [1.807, 2.05) is 18.3 Å². The van der Waals surface area contributed by atoms with Gasteiger partial charge in [0.15, 0.2) is 0 Å². The normalized spacial score (nSPS) is 29.7. The summed E-state index contributed by atoms with van der Waals surface area (Å²) in [6.07, 6.45) is 7.29. The SMILES string of the molecule is CCC(NC(=O)C1CCC2NNNC2C1)c1cccnc1. The summed E-state index contributed by atoms with van der Waals surface area (Å²) in [6.45, 7) is 2.08. The number of hydrazine groups is 2. The molecule has 2 heterocycles. The molecule has 1 aromatic heterocycles. The second-order valence-corrected chi connectivity index (χ2v) is 5.89. The van der Waals surface area contributed by atoms with Gasteiger partial charge in [-0.15, -0.1) is 0 Å². The molecule has 4 N–H and O–H groups in total. The van der Waals surface area contributed by atoms with E-state index in [4.69, 9.17) is 0 Å². The molecule has 1 saturated carbocycles. The van der Waals surface area contributed by atoms with Gasteiger partial charge in [-0.25, -0.2) is 10.9 Å². The number of amides is 1. The standard InChI is InChI=1S/C15H23N5O/c1-2-12(11-4-3-7-16-9-11)17-15(21)10-5-6-13-14(8-10)19-20-18-13/h3-4,7,9-10,12-14,18-20H,2,5-6,8H2,1H3,(H,17,21). The predicted molar refractivity (Wildman–Crippen MR) is 79.7 cm³/mol. The Hall–Kier alpha value is -1.50. The highest BCUT2D eigenvalue weighted by atomic mass is 16.1. The Morgan fingerprint density at radius 2 is 2.29 bits per heavy atom. The minimum absolute atomic E-state index is 0.0525. The number of hydrogen-bond donors (Lipinski definition) is 4. The van der Waals surface area contributed by atoms with E-state index in [0.717, 1.165) is 31.2 Å². The van der Waals surface area contributed by atoms with Gasteiger partial charge in [0.05, 0.1) is 6.04 Å². The molecule has 1 aliphatic carbocycles. The molecule has 0 spiro atoms. The third kappa shape index (κ3) is 3.23. The van der Waals surface area contributed by atoms with Crippen LogP contribution < -0.4 is 21.7 Å². The van der Waals surface area contributed by atoms with Crippen LogP contribution in [0.5, 0.6) is 0 Å². The van der Waals surface area contributed by atoms with Gasteiger partial charge in [-0.1, -0.05) is 13.0 Å². The number of carbonyl (C=O) groups is 1. The van der Waals surface area contributed by atoms with Gasteiger partial charge in [-0.05, 0) is 37.3 Å². The molecule has 6 nitrogen and oxygen atoms in total. The topological polar surface area (TPSA) is 78.1 Å². The fourth-order valence-electron chi connectivity index (χ4n) is 3.26. The van der Waals surface area contributed by atoms with E-state index in [9.17, 15) is 4.79 Å². The van der Waals surface area contributed by atoms with Gasteiger partial charge in [0.2, 0.25) is 5.91 Å². The smallest absolute Gasteiger partial charge is 0.223 e. The van der Waals surface area contributed by atoms with Crippen molar-refractivity contribution in [3.8, 4) is 0 Å². The van der Waals surface area contributed by atoms with Gasteiger partial charge < -0.3 is 5.32 Å². The molecule has 114 valence electrons. The Balaban J connectivity index is 1.60. The molecule has 2 aliphatic rings. The van der Waals surface area contributed by atoms with Crippen molar-refractivity contribution in [2.75, 3.05) is 0 Å². The largest absolute Gasteiger partial charge is 0.349 e. The molecule has 0 radical (unpaired) electrons. The van der Waals surface area contributed by atoms with Gasteiger partial charge in [0.25, 0.3) is 0 Å². The van der Waals surface area contributed by atoms with Crippen molar-refractivity contribution in [3.63, 3.8) is 0 Å². The van der Waals surface area contributed by atoms with E-state index in [-0.39, 0.29) is 17.9 Å². The number of hydrogen-bond acceptors (Lipinski definition) is 5. The van der Waals surface area contributed by atoms with Crippen LogP contribution in [0.2, 0.25) is 0 Å². The summed E-state index contributed by atoms with van der Waals surface area (Å²) in [7, 11) is 0. The van der Waals surface area contributed by atoms with E-state index in [1.165, 1.54) is 0 Å². The van der Waals surface area contributed by atoms with Gasteiger partial charge in [-0.3, -0.25) is 9.78 Å². The van der Waals surface area contributed by atoms with Crippen LogP contribution in [0.25, 0.3) is 0 Å². The predicted octanol–water partition coefficient (Wildman–Crippen LogP) is 0.799. The van der Waals surface area contributed by atoms with E-state index in [2.05, 4.69) is 33.6 Å². The molecule has 6 heteroatoms. The second-order valence-electron chi connectivity index (χ2n) is 5.89. The van der Waals surface area contributed by atoms with Gasteiger partial charge in [0.1, 0.15) is 0 Å². The molecule has 0 bridgehead atoms. The van der Waals surface area contributed by atoms with Crippen molar-refractivity contribution in [1.82, 2.24) is 26.7 Å². The minimum Gasteiger partial charge on any atom is -0.349 e. The molecule has 1 amide bonds. The first-order valence-corrected chi connectivity index (χ1v) is 7.74. The van der Waals surface area contributed by atoms with Crippen LogP contribution >= 0.6 is 0 Å². The highest BCUT2D eigenvalue weighted by Crippen LogP contribution is 2.27. The third-order valence-corrected chi connectivity index (χ3v) is 4.55. The number of carbonyl (C=O) groups excluding carboxylic acids is 1. The van der Waals surface area contributed by atoms with Crippen LogP contribution in [-0.2, 0) is 4.79 Å². The summed E-state index contributed by atoms with van der Waals surface area (Å²) < 4.78 is 0. The van der Waals surface area contributed by atoms with Crippen molar-refractivity contribution < 1.29 is 4.79 Å². The van der Waals surface area contributed by atoms with Gasteiger partial charge in [-0.2, -0.15) is 5.53 Å². The monoisotopic (exact) mass is 289 g/mol. The summed E-state index contributed by atoms with van der Waals surface area (Å²) in [5.41, 5.74) is 10.4. The number of rotatable bonds is 4. The van der Waals surface area contributed by atoms with Crippen molar-refractivity contribution >= 4 is 5.91 Å². The molecule has 2 fully saturated rings. The maximum absolute atomic E-state index is 12.5. The van der Waals surface area contributed by atoms with Crippen LogP contribution in [-0.4, -0.2) is 23.0 Å². The Morgan fingerprint density at radius 3 is 3.05 bits per heavy atom. The fraction of sp³-hybridized carbons (Fsp3) is 0.600. The molecular formula is C15H23N5O. The van der Waals surface area contributed by atoms with Crippen molar-refractivity contribution in [2.45, 2.75) is 50.7 Å². The van der Waals surface area contributed by atoms with Crippen LogP contribution in [0.1, 0.15) is 44.2 Å². The summed E-state index contributed by atoms with van der Waals surface area (Å²) in [6, 6.07) is 4.76. The Labute approximate surface area is 125 Å². The minimum atomic E-state index is 0.0525. The lowest BCUT2D eigenvalue weighted by atomic mass is 9.82. The number of nitrogens with zero attached hydrogens (tertiary/aromatic N) is 1. The Kier molecular flexibility index (Phi) is 4.48. The van der Waals surface area contributed by atoms with E-state index >= 15 is 0 Å². The summed E-state index contributed by atoms with van der Waals surface area (Å²) in [5, 5.41) is 3.19. The zero-order valence-electron chi connectivity index (χ0n) is 12.3. The maximum atomic E-state index is 12.5. The first kappa shape index (κ1) is 14.4. The average Bonchev–Trinajstić information content (AvgIpc) is 3.00. The molecule has 1 aliphatic heterocycles. The molecule has 0 aromatic carbocycles. The number of aromatic nitrogens is 1. The second kappa shape index (κ2) is 6.51. The Bertz CT molecular complexity index is 480. The van der Waals surface area contributed by atoms with Crippen molar-refractivity contribution in [2.24, 2.45) is 5.92 Å². The molecular weight excluding hydrogens is 266 g/mol. The van der Waals surface area contributed by atoms with Gasteiger partial charge >= 0.3 is 0 Å². The lowest BCUT2D eigenvalue weighted by Gasteiger charge is -2.30. The summed E-state index contributed by atoms with van der Waals surface area (Å²) in [4.78, 5) is 16.7. The van der Waals surface area contributed by atoms with Crippen molar-refractivity contribution in [3.05, 3.63) is 30.1 Å². The molecule has 1 saturated heterocycles. The first-order valence-electron chi connectivity index (χ1n) is 7.74. The highest BCUT2D eigenvalue weighted by Gasteiger charge is 2.36. The van der Waals surface area contributed by atoms with Crippen LogP contribution in [0.3, 0.4) is 0 Å². The lowest BCUT2D eigenvalue weighted by molar-refractivity contribution is -0.127. The van der Waals surface area contributed by atoms with Crippen molar-refractivity contribution in [1.29, 1.82) is 0 Å². The van der Waals surface area contributed by atoms with E-state index in [0.29, 0.717) is 12.1 Å². The van der Waals surface area contributed by atoms with Gasteiger partial charge in [0, 0.05) is 30.4 Å². The quantitative estimate of drug-likeness (QED) is 0.659. The third-order valence-electron chi connectivity index (χ3n) is 4.55. The lowest BCUT2D eigenvalue weighted by Crippen LogP contribution is -2.44. The molecule has 4 unspecified atom stereocenters. The van der Waals surface area contributed by atoms with Crippen LogP contribution in [0.15, 0.2) is 24.5 Å². The zero-order valence-corrected chi connectivity index (χ0v) is 12.3. The molecule has 1 aromatic rings. The first-order chi connectivity index (χ1) is 10.3. The Morgan fingerprint density at radius 1 is 1.43 bits per heavy atom. The van der Waals surface area contributed by atoms with Crippen LogP contribution in [0.4, 0.5) is 0 Å². The van der Waals surface area contributed by atoms with E-state index < -0.39 is 0 Å². The fourth-order valence-corrected chi connectivity index (χ4v) is 3.26.